The number of carbonyl (C=O) groups is 1. The molecule has 0 N–H and O–H groups in total. The van der Waals surface area contributed by atoms with Gasteiger partial charge in [-0.25, -0.2) is 4.98 Å². The number of nitrogens with zero attached hydrogens (tertiary/aromatic N) is 4. The van der Waals surface area contributed by atoms with E-state index in [0.717, 1.165) is 38.4 Å². The summed E-state index contributed by atoms with van der Waals surface area (Å²) in [5.74, 6) is 1.46. The highest BCUT2D eigenvalue weighted by Gasteiger charge is 2.41. The zero-order chi connectivity index (χ0) is 22.6. The van der Waals surface area contributed by atoms with E-state index in [9.17, 15) is 4.79 Å². The molecule has 2 aliphatic rings. The second kappa shape index (κ2) is 10.2. The summed E-state index contributed by atoms with van der Waals surface area (Å²) in [6.07, 6.45) is 1.96. The second-order valence-electron chi connectivity index (χ2n) is 8.70. The molecule has 174 valence electrons. The predicted octanol–water partition coefficient (Wildman–Crippen LogP) is 2.45. The van der Waals surface area contributed by atoms with E-state index in [1.54, 1.807) is 18.4 Å². The van der Waals surface area contributed by atoms with Gasteiger partial charge < -0.3 is 23.7 Å². The topological polar surface area (TPSA) is 71.3 Å². The molecule has 1 unspecified atom stereocenters. The molecule has 8 nitrogen and oxygen atoms in total. The van der Waals surface area contributed by atoms with E-state index in [4.69, 9.17) is 25.5 Å². The summed E-state index contributed by atoms with van der Waals surface area (Å²) in [6, 6.07) is 7.24. The fourth-order valence-corrected chi connectivity index (χ4v) is 4.33. The fourth-order valence-electron chi connectivity index (χ4n) is 4.20. The third kappa shape index (κ3) is 6.01. The normalized spacial score (nSPS) is 22.8. The Labute approximate surface area is 194 Å². The maximum atomic E-state index is 13.2. The summed E-state index contributed by atoms with van der Waals surface area (Å²) in [7, 11) is 2.08. The van der Waals surface area contributed by atoms with Crippen LogP contribution in [-0.2, 0) is 16.1 Å². The van der Waals surface area contributed by atoms with Crippen LogP contribution in [0.15, 0.2) is 34.9 Å². The summed E-state index contributed by atoms with van der Waals surface area (Å²) < 4.78 is 17.7. The van der Waals surface area contributed by atoms with Gasteiger partial charge in [0.1, 0.15) is 24.2 Å². The molecule has 9 heteroatoms. The molecular formula is C23H31ClN4O4. The molecule has 1 atom stereocenters. The highest BCUT2D eigenvalue weighted by Crippen LogP contribution is 2.27. The van der Waals surface area contributed by atoms with Gasteiger partial charge in [-0.05, 0) is 31.3 Å². The Morgan fingerprint density at radius 2 is 1.94 bits per heavy atom. The van der Waals surface area contributed by atoms with Gasteiger partial charge in [0.2, 0.25) is 5.91 Å². The molecule has 0 spiro atoms. The summed E-state index contributed by atoms with van der Waals surface area (Å²) in [4.78, 5) is 24.1. The molecule has 32 heavy (non-hydrogen) atoms. The Hall–Kier alpha value is -2.13. The van der Waals surface area contributed by atoms with Crippen molar-refractivity contribution in [2.75, 3.05) is 59.5 Å². The van der Waals surface area contributed by atoms with Gasteiger partial charge in [-0.2, -0.15) is 0 Å². The predicted molar refractivity (Wildman–Crippen MR) is 121 cm³/mol. The molecule has 3 heterocycles. The van der Waals surface area contributed by atoms with Gasteiger partial charge in [-0.3, -0.25) is 9.69 Å². The van der Waals surface area contributed by atoms with Crippen LogP contribution in [0.2, 0.25) is 5.02 Å². The average Bonchev–Trinajstić information content (AvgIpc) is 3.18. The first-order chi connectivity index (χ1) is 15.4. The van der Waals surface area contributed by atoms with Crippen molar-refractivity contribution in [1.82, 2.24) is 19.7 Å². The SMILES string of the molecule is Cc1nc(CN2CCOC(COc3ccc(Cl)cc3)(CC(=O)N3CCN(C)CC3)C2)co1. The van der Waals surface area contributed by atoms with Crippen molar-refractivity contribution >= 4 is 17.5 Å². The van der Waals surface area contributed by atoms with E-state index >= 15 is 0 Å². The number of likely N-dealkylation sites (N-methyl/N-ethyl adjacent to an activating group) is 1. The third-order valence-electron chi connectivity index (χ3n) is 6.02. The number of ether oxygens (including phenoxy) is 2. The molecule has 1 amide bonds. The number of carbonyl (C=O) groups excluding carboxylic acids is 1. The average molecular weight is 463 g/mol. The molecule has 1 aromatic heterocycles. The zero-order valence-corrected chi connectivity index (χ0v) is 19.5. The number of aryl methyl sites for hydroxylation is 1. The smallest absolute Gasteiger partial charge is 0.225 e. The Bertz CT molecular complexity index is 898. The van der Waals surface area contributed by atoms with E-state index in [2.05, 4.69) is 21.8 Å². The standard InChI is InChI=1S/C23H31ClN4O4/c1-18-25-20(15-30-18)14-27-11-12-32-23(16-27,17-31-21-5-3-19(24)4-6-21)13-22(29)28-9-7-26(2)8-10-28/h3-6,15H,7-14,16-17H2,1-2H3. The first-order valence-electron chi connectivity index (χ1n) is 11.0. The Kier molecular flexibility index (Phi) is 7.35. The van der Waals surface area contributed by atoms with Gasteiger partial charge in [-0.1, -0.05) is 11.6 Å². The molecule has 2 aliphatic heterocycles. The molecule has 0 aliphatic carbocycles. The maximum Gasteiger partial charge on any atom is 0.225 e. The number of oxazole rings is 1. The highest BCUT2D eigenvalue weighted by atomic mass is 35.5. The molecular weight excluding hydrogens is 432 g/mol. The van der Waals surface area contributed by atoms with E-state index in [0.29, 0.717) is 36.4 Å². The molecule has 0 saturated carbocycles. The van der Waals surface area contributed by atoms with Crippen molar-refractivity contribution in [3.05, 3.63) is 47.1 Å². The monoisotopic (exact) mass is 462 g/mol. The highest BCUT2D eigenvalue weighted by molar-refractivity contribution is 6.30. The fraction of sp³-hybridized carbons (Fsp3) is 0.565. The number of amides is 1. The van der Waals surface area contributed by atoms with Gasteiger partial charge >= 0.3 is 0 Å². The molecule has 2 aromatic rings. The molecule has 0 radical (unpaired) electrons. The molecule has 1 aromatic carbocycles. The number of halogens is 1. The van der Waals surface area contributed by atoms with E-state index in [1.165, 1.54) is 0 Å². The zero-order valence-electron chi connectivity index (χ0n) is 18.8. The van der Waals surface area contributed by atoms with Gasteiger partial charge in [-0.15, -0.1) is 0 Å². The van der Waals surface area contributed by atoms with Crippen molar-refractivity contribution in [3.63, 3.8) is 0 Å². The molecule has 4 rings (SSSR count). The van der Waals surface area contributed by atoms with Gasteiger partial charge in [0.15, 0.2) is 5.89 Å². The lowest BCUT2D eigenvalue weighted by atomic mass is 9.96. The van der Waals surface area contributed by atoms with Crippen LogP contribution in [0.4, 0.5) is 0 Å². The van der Waals surface area contributed by atoms with Crippen molar-refractivity contribution in [2.45, 2.75) is 25.5 Å². The first-order valence-corrected chi connectivity index (χ1v) is 11.4. The number of rotatable bonds is 7. The number of hydrogen-bond acceptors (Lipinski definition) is 7. The van der Waals surface area contributed by atoms with Crippen molar-refractivity contribution < 1.29 is 18.7 Å². The van der Waals surface area contributed by atoms with Crippen LogP contribution < -0.4 is 4.74 Å². The van der Waals surface area contributed by atoms with Crippen LogP contribution in [0.1, 0.15) is 18.0 Å². The number of morpholine rings is 1. The Morgan fingerprint density at radius 3 is 2.62 bits per heavy atom. The molecule has 2 fully saturated rings. The van der Waals surface area contributed by atoms with E-state index in [1.807, 2.05) is 24.0 Å². The first kappa shape index (κ1) is 23.0. The minimum Gasteiger partial charge on any atom is -0.491 e. The van der Waals surface area contributed by atoms with Crippen LogP contribution in [0.3, 0.4) is 0 Å². The minimum absolute atomic E-state index is 0.108. The third-order valence-corrected chi connectivity index (χ3v) is 6.28. The Morgan fingerprint density at radius 1 is 1.19 bits per heavy atom. The maximum absolute atomic E-state index is 13.2. The largest absolute Gasteiger partial charge is 0.491 e. The van der Waals surface area contributed by atoms with Crippen molar-refractivity contribution in [2.24, 2.45) is 0 Å². The second-order valence-corrected chi connectivity index (χ2v) is 9.14. The van der Waals surface area contributed by atoms with Gasteiger partial charge in [0.25, 0.3) is 0 Å². The number of hydrogen-bond donors (Lipinski definition) is 0. The summed E-state index contributed by atoms with van der Waals surface area (Å²) >= 11 is 6.00. The lowest BCUT2D eigenvalue weighted by Gasteiger charge is -2.43. The summed E-state index contributed by atoms with van der Waals surface area (Å²) in [5, 5.41) is 0.653. The van der Waals surface area contributed by atoms with E-state index in [-0.39, 0.29) is 18.9 Å². The molecule has 0 bridgehead atoms. The van der Waals surface area contributed by atoms with Crippen molar-refractivity contribution in [1.29, 1.82) is 0 Å². The van der Waals surface area contributed by atoms with Gasteiger partial charge in [0, 0.05) is 57.8 Å². The Balaban J connectivity index is 1.47. The van der Waals surface area contributed by atoms with Gasteiger partial charge in [0.05, 0.1) is 18.7 Å². The molecule has 2 saturated heterocycles. The number of piperazine rings is 1. The van der Waals surface area contributed by atoms with Crippen LogP contribution in [0.5, 0.6) is 5.75 Å². The number of aromatic nitrogens is 1. The van der Waals surface area contributed by atoms with Crippen LogP contribution in [-0.4, -0.2) is 90.7 Å². The van der Waals surface area contributed by atoms with E-state index < -0.39 is 5.60 Å². The quantitative estimate of drug-likeness (QED) is 0.625. The van der Waals surface area contributed by atoms with Crippen LogP contribution in [0.25, 0.3) is 0 Å². The minimum atomic E-state index is -0.739. The summed E-state index contributed by atoms with van der Waals surface area (Å²) in [5.41, 5.74) is 0.138. The lowest BCUT2D eigenvalue weighted by molar-refractivity contribution is -0.158. The van der Waals surface area contributed by atoms with Crippen LogP contribution in [0, 0.1) is 6.92 Å². The lowest BCUT2D eigenvalue weighted by Crippen LogP contribution is -2.58. The number of benzene rings is 1. The van der Waals surface area contributed by atoms with Crippen LogP contribution >= 0.6 is 11.6 Å². The van der Waals surface area contributed by atoms with Crippen molar-refractivity contribution in [3.8, 4) is 5.75 Å². The summed E-state index contributed by atoms with van der Waals surface area (Å²) in [6.45, 7) is 7.88.